The molecule has 0 spiro atoms. The van der Waals surface area contributed by atoms with E-state index < -0.39 is 0 Å². The molecule has 0 radical (unpaired) electrons. The number of amides is 1. The second kappa shape index (κ2) is 6.39. The van der Waals surface area contributed by atoms with Crippen LogP contribution < -0.4 is 19.5 Å². The van der Waals surface area contributed by atoms with E-state index in [0.717, 1.165) is 10.9 Å². The van der Waals surface area contributed by atoms with Crippen molar-refractivity contribution in [3.63, 3.8) is 0 Å². The van der Waals surface area contributed by atoms with E-state index >= 15 is 0 Å². The molecule has 2 heterocycles. The zero-order valence-corrected chi connectivity index (χ0v) is 13.7. The van der Waals surface area contributed by atoms with Gasteiger partial charge >= 0.3 is 0 Å². The van der Waals surface area contributed by atoms with Crippen LogP contribution >= 0.6 is 0 Å². The fourth-order valence-electron chi connectivity index (χ4n) is 2.83. The highest BCUT2D eigenvalue weighted by molar-refractivity contribution is 5.95. The molecule has 25 heavy (non-hydrogen) atoms. The second-order valence-corrected chi connectivity index (χ2v) is 5.71. The van der Waals surface area contributed by atoms with Crippen LogP contribution in [0.3, 0.4) is 0 Å². The van der Waals surface area contributed by atoms with Gasteiger partial charge in [-0.1, -0.05) is 0 Å². The first-order valence-corrected chi connectivity index (χ1v) is 7.96. The highest BCUT2D eigenvalue weighted by Crippen LogP contribution is 2.32. The van der Waals surface area contributed by atoms with Crippen LogP contribution in [0.4, 0.5) is 5.69 Å². The van der Waals surface area contributed by atoms with Crippen molar-refractivity contribution in [2.45, 2.75) is 6.42 Å². The molecule has 0 bridgehead atoms. The van der Waals surface area contributed by atoms with Gasteiger partial charge in [-0.15, -0.1) is 0 Å². The number of hydrogen-bond donors (Lipinski definition) is 1. The van der Waals surface area contributed by atoms with E-state index in [1.165, 1.54) is 0 Å². The Labute approximate surface area is 144 Å². The van der Waals surface area contributed by atoms with Crippen molar-refractivity contribution < 1.29 is 23.4 Å². The van der Waals surface area contributed by atoms with Crippen molar-refractivity contribution in [3.8, 4) is 17.2 Å². The first-order chi connectivity index (χ1) is 12.2. The van der Waals surface area contributed by atoms with Gasteiger partial charge in [0.05, 0.1) is 19.8 Å². The first-order valence-electron chi connectivity index (χ1n) is 7.96. The summed E-state index contributed by atoms with van der Waals surface area (Å²) in [5.74, 6) is 1.92. The lowest BCUT2D eigenvalue weighted by Gasteiger charge is -2.19. The Morgan fingerprint density at radius 2 is 1.96 bits per heavy atom. The maximum Gasteiger partial charge on any atom is 0.228 e. The zero-order chi connectivity index (χ0) is 17.2. The SMILES string of the molecule is COc1ccc2c(CC(=O)Nc3ccc4c(c3)OCCO4)coc2c1. The summed E-state index contributed by atoms with van der Waals surface area (Å²) in [6.07, 6.45) is 1.82. The molecule has 0 saturated carbocycles. The molecule has 1 aliphatic heterocycles. The fourth-order valence-corrected chi connectivity index (χ4v) is 2.83. The van der Waals surface area contributed by atoms with Crippen molar-refractivity contribution >= 4 is 22.6 Å². The van der Waals surface area contributed by atoms with Crippen LogP contribution in [0.1, 0.15) is 5.56 Å². The van der Waals surface area contributed by atoms with E-state index in [-0.39, 0.29) is 12.3 Å². The van der Waals surface area contributed by atoms with Gasteiger partial charge < -0.3 is 23.9 Å². The van der Waals surface area contributed by atoms with Crippen LogP contribution in [-0.2, 0) is 11.2 Å². The predicted molar refractivity (Wildman–Crippen MR) is 92.5 cm³/mol. The highest BCUT2D eigenvalue weighted by atomic mass is 16.6. The summed E-state index contributed by atoms with van der Waals surface area (Å²) in [6.45, 7) is 1.05. The molecule has 0 aliphatic carbocycles. The van der Waals surface area contributed by atoms with E-state index in [9.17, 15) is 4.79 Å². The first kappa shape index (κ1) is 15.4. The molecule has 3 aromatic rings. The summed E-state index contributed by atoms with van der Waals surface area (Å²) in [5.41, 5.74) is 2.19. The molecule has 6 heteroatoms. The predicted octanol–water partition coefficient (Wildman–Crippen LogP) is 3.39. The van der Waals surface area contributed by atoms with Crippen LogP contribution in [0.2, 0.25) is 0 Å². The van der Waals surface area contributed by atoms with E-state index in [0.29, 0.717) is 41.7 Å². The number of carbonyl (C=O) groups excluding carboxylic acids is 1. The van der Waals surface area contributed by atoms with Gasteiger partial charge in [0.1, 0.15) is 24.5 Å². The van der Waals surface area contributed by atoms with Gasteiger partial charge in [0.2, 0.25) is 5.91 Å². The molecule has 0 unspecified atom stereocenters. The minimum Gasteiger partial charge on any atom is -0.497 e. The van der Waals surface area contributed by atoms with Crippen molar-refractivity contribution in [3.05, 3.63) is 48.2 Å². The number of hydrogen-bond acceptors (Lipinski definition) is 5. The Kier molecular flexibility index (Phi) is 3.93. The minimum atomic E-state index is -0.129. The number of ether oxygens (including phenoxy) is 3. The lowest BCUT2D eigenvalue weighted by molar-refractivity contribution is -0.115. The van der Waals surface area contributed by atoms with Gasteiger partial charge in [-0.25, -0.2) is 0 Å². The van der Waals surface area contributed by atoms with Gasteiger partial charge in [-0.3, -0.25) is 4.79 Å². The van der Waals surface area contributed by atoms with Crippen LogP contribution in [0.5, 0.6) is 17.2 Å². The summed E-state index contributed by atoms with van der Waals surface area (Å²) in [6, 6.07) is 10.9. The minimum absolute atomic E-state index is 0.129. The number of methoxy groups -OCH3 is 1. The molecule has 4 rings (SSSR count). The summed E-state index contributed by atoms with van der Waals surface area (Å²) < 4.78 is 21.7. The highest BCUT2D eigenvalue weighted by Gasteiger charge is 2.14. The third-order valence-electron chi connectivity index (χ3n) is 4.04. The third kappa shape index (κ3) is 3.10. The van der Waals surface area contributed by atoms with Crippen LogP contribution in [0.25, 0.3) is 11.0 Å². The van der Waals surface area contributed by atoms with Crippen LogP contribution in [0, 0.1) is 0 Å². The molecule has 6 nitrogen and oxygen atoms in total. The van der Waals surface area contributed by atoms with Crippen molar-refractivity contribution in [1.82, 2.24) is 0 Å². The average molecular weight is 339 g/mol. The molecule has 0 saturated heterocycles. The molecule has 1 amide bonds. The Morgan fingerprint density at radius 3 is 2.80 bits per heavy atom. The van der Waals surface area contributed by atoms with Gasteiger partial charge in [0.15, 0.2) is 11.5 Å². The summed E-state index contributed by atoms with van der Waals surface area (Å²) in [4.78, 5) is 12.4. The van der Waals surface area contributed by atoms with E-state index in [2.05, 4.69) is 5.32 Å². The van der Waals surface area contributed by atoms with Crippen molar-refractivity contribution in [1.29, 1.82) is 0 Å². The number of carbonyl (C=O) groups is 1. The molecule has 0 fully saturated rings. The monoisotopic (exact) mass is 339 g/mol. The molecule has 1 aromatic heterocycles. The number of fused-ring (bicyclic) bond motifs is 2. The molecule has 2 aromatic carbocycles. The number of anilines is 1. The molecule has 128 valence electrons. The van der Waals surface area contributed by atoms with Crippen molar-refractivity contribution in [2.24, 2.45) is 0 Å². The van der Waals surface area contributed by atoms with Gasteiger partial charge in [0.25, 0.3) is 0 Å². The molecular formula is C19H17NO5. The summed E-state index contributed by atoms with van der Waals surface area (Å²) >= 11 is 0. The van der Waals surface area contributed by atoms with Gasteiger partial charge in [-0.05, 0) is 24.3 Å². The lowest BCUT2D eigenvalue weighted by atomic mass is 10.1. The van der Waals surface area contributed by atoms with E-state index in [1.54, 1.807) is 37.6 Å². The largest absolute Gasteiger partial charge is 0.497 e. The molecule has 1 N–H and O–H groups in total. The summed E-state index contributed by atoms with van der Waals surface area (Å²) in [7, 11) is 1.60. The molecular weight excluding hydrogens is 322 g/mol. The van der Waals surface area contributed by atoms with E-state index in [4.69, 9.17) is 18.6 Å². The van der Waals surface area contributed by atoms with Gasteiger partial charge in [0, 0.05) is 28.8 Å². The normalized spacial score (nSPS) is 12.8. The smallest absolute Gasteiger partial charge is 0.228 e. The second-order valence-electron chi connectivity index (χ2n) is 5.71. The maximum atomic E-state index is 12.4. The number of benzene rings is 2. The zero-order valence-electron chi connectivity index (χ0n) is 13.7. The Bertz CT molecular complexity index is 931. The van der Waals surface area contributed by atoms with Crippen LogP contribution in [0.15, 0.2) is 47.1 Å². The van der Waals surface area contributed by atoms with Gasteiger partial charge in [-0.2, -0.15) is 0 Å². The number of nitrogens with one attached hydrogen (secondary N) is 1. The van der Waals surface area contributed by atoms with E-state index in [1.807, 2.05) is 12.1 Å². The number of furan rings is 1. The Morgan fingerprint density at radius 1 is 1.12 bits per heavy atom. The van der Waals surface area contributed by atoms with Crippen LogP contribution in [-0.4, -0.2) is 26.2 Å². The Balaban J connectivity index is 1.49. The quantitative estimate of drug-likeness (QED) is 0.789. The average Bonchev–Trinajstić information content (AvgIpc) is 3.03. The maximum absolute atomic E-state index is 12.4. The fraction of sp³-hybridized carbons (Fsp3) is 0.211. The topological polar surface area (TPSA) is 69.9 Å². The molecule has 0 atom stereocenters. The van der Waals surface area contributed by atoms with Crippen molar-refractivity contribution in [2.75, 3.05) is 25.6 Å². The molecule has 1 aliphatic rings. The standard InChI is InChI=1S/C19H17NO5/c1-22-14-3-4-15-12(11-25-17(15)10-14)8-19(21)20-13-2-5-16-18(9-13)24-7-6-23-16/h2-5,9-11H,6-8H2,1H3,(H,20,21). The lowest BCUT2D eigenvalue weighted by Crippen LogP contribution is -2.17. The summed E-state index contributed by atoms with van der Waals surface area (Å²) in [5, 5.41) is 3.78. The number of rotatable bonds is 4. The Hall–Kier alpha value is -3.15. The third-order valence-corrected chi connectivity index (χ3v) is 4.04.